The van der Waals surface area contributed by atoms with Crippen LogP contribution in [0.5, 0.6) is 0 Å². The van der Waals surface area contributed by atoms with Crippen LogP contribution in [0.2, 0.25) is 0 Å². The molecule has 254 valence electrons. The summed E-state index contributed by atoms with van der Waals surface area (Å²) in [6.45, 7) is 6.71. The Kier molecular flexibility index (Phi) is 9.07. The van der Waals surface area contributed by atoms with E-state index >= 15 is 0 Å². The summed E-state index contributed by atoms with van der Waals surface area (Å²) < 4.78 is 70.2. The Bertz CT molecular complexity index is 1300. The Morgan fingerprint density at radius 2 is 1.53 bits per heavy atom. The van der Waals surface area contributed by atoms with Crippen molar-refractivity contribution >= 4 is 9.84 Å². The molecule has 11 atom stereocenters. The summed E-state index contributed by atoms with van der Waals surface area (Å²) in [4.78, 5) is 0.337. The fraction of sp³-hybridized carbons (Fsp3) is 0.838. The van der Waals surface area contributed by atoms with Crippen molar-refractivity contribution in [3.05, 3.63) is 30.3 Å². The normalized spacial score (nSPS) is 41.4. The van der Waals surface area contributed by atoms with Gasteiger partial charge in [0, 0.05) is 0 Å². The number of fused-ring (bicyclic) bond motifs is 5. The standard InChI is InChI=1S/C37H55F3O4S/c1-24(33(22-32(41)25-10-6-4-7-11-25)45(43,44)27-12-8-5-9-13-27)29-16-17-30-28-15-14-26-23-36(42,37(38,39)40)21-20-34(26,2)31(28)18-19-35(29,30)3/h5,8-9,12-13,24-26,28-33,41-42H,4,6-7,10-11,14-23H2,1-3H3/t24-,26-,28-,29+,30-,31-,32-,33?,34-,35+,36-/m0/s1. The topological polar surface area (TPSA) is 74.6 Å². The molecule has 6 rings (SSSR count). The second-order valence-electron chi connectivity index (χ2n) is 16.6. The molecule has 1 aromatic rings. The minimum absolute atomic E-state index is 0.0363. The molecular weight excluding hydrogens is 597 g/mol. The lowest BCUT2D eigenvalue weighted by molar-refractivity contribution is -0.290. The highest BCUT2D eigenvalue weighted by molar-refractivity contribution is 7.92. The molecule has 0 heterocycles. The van der Waals surface area contributed by atoms with Gasteiger partial charge in [0.25, 0.3) is 0 Å². The van der Waals surface area contributed by atoms with Gasteiger partial charge in [-0.05, 0) is 141 Å². The predicted molar refractivity (Wildman–Crippen MR) is 170 cm³/mol. The molecule has 5 fully saturated rings. The van der Waals surface area contributed by atoms with Crippen LogP contribution in [0.25, 0.3) is 0 Å². The molecule has 0 amide bonds. The molecule has 0 bridgehead atoms. The van der Waals surface area contributed by atoms with Gasteiger partial charge in [0.05, 0.1) is 16.2 Å². The lowest BCUT2D eigenvalue weighted by atomic mass is 9.43. The van der Waals surface area contributed by atoms with Crippen LogP contribution >= 0.6 is 0 Å². The molecule has 5 aliphatic carbocycles. The first-order chi connectivity index (χ1) is 21.1. The number of sulfone groups is 1. The van der Waals surface area contributed by atoms with E-state index in [4.69, 9.17) is 0 Å². The van der Waals surface area contributed by atoms with Crippen molar-refractivity contribution in [3.8, 4) is 0 Å². The Balaban J connectivity index is 1.25. The van der Waals surface area contributed by atoms with Crippen LogP contribution in [-0.2, 0) is 9.84 Å². The summed E-state index contributed by atoms with van der Waals surface area (Å²) in [6, 6.07) is 8.77. The van der Waals surface area contributed by atoms with Gasteiger partial charge in [0.15, 0.2) is 15.4 Å². The Morgan fingerprint density at radius 1 is 0.867 bits per heavy atom. The van der Waals surface area contributed by atoms with Crippen LogP contribution in [0.4, 0.5) is 13.2 Å². The van der Waals surface area contributed by atoms with Crippen LogP contribution in [0.1, 0.15) is 117 Å². The molecule has 0 aromatic heterocycles. The molecule has 0 saturated heterocycles. The Hall–Kier alpha value is -1.12. The average molecular weight is 653 g/mol. The molecule has 0 radical (unpaired) electrons. The van der Waals surface area contributed by atoms with E-state index in [-0.39, 0.29) is 53.8 Å². The summed E-state index contributed by atoms with van der Waals surface area (Å²) in [5.74, 6) is 1.31. The smallest absolute Gasteiger partial charge is 0.393 e. The fourth-order valence-corrected chi connectivity index (χ4v) is 14.1. The molecule has 5 saturated carbocycles. The largest absolute Gasteiger partial charge is 0.417 e. The number of hydrogen-bond acceptors (Lipinski definition) is 4. The highest BCUT2D eigenvalue weighted by atomic mass is 32.2. The van der Waals surface area contributed by atoms with Gasteiger partial charge in [-0.2, -0.15) is 13.2 Å². The first kappa shape index (κ1) is 33.8. The number of rotatable bonds is 7. The molecule has 2 N–H and O–H groups in total. The van der Waals surface area contributed by atoms with Gasteiger partial charge < -0.3 is 10.2 Å². The molecular formula is C37H55F3O4S. The van der Waals surface area contributed by atoms with Crippen molar-refractivity contribution in [3.63, 3.8) is 0 Å². The number of aliphatic hydroxyl groups is 2. The third-order valence-corrected chi connectivity index (χ3v) is 17.0. The summed E-state index contributed by atoms with van der Waals surface area (Å²) in [5.41, 5.74) is -2.80. The minimum atomic E-state index is -4.59. The maximum atomic E-state index is 14.4. The van der Waals surface area contributed by atoms with E-state index in [1.807, 2.05) is 6.07 Å². The van der Waals surface area contributed by atoms with E-state index in [2.05, 4.69) is 20.8 Å². The highest BCUT2D eigenvalue weighted by Crippen LogP contribution is 2.69. The third-order valence-electron chi connectivity index (χ3n) is 14.7. The van der Waals surface area contributed by atoms with E-state index in [1.54, 1.807) is 24.3 Å². The van der Waals surface area contributed by atoms with Crippen LogP contribution in [0, 0.1) is 52.3 Å². The average Bonchev–Trinajstić information content (AvgIpc) is 3.37. The predicted octanol–water partition coefficient (Wildman–Crippen LogP) is 8.75. The quantitative estimate of drug-likeness (QED) is 0.309. The Labute approximate surface area is 268 Å². The number of hydrogen-bond donors (Lipinski definition) is 2. The van der Waals surface area contributed by atoms with Crippen LogP contribution < -0.4 is 0 Å². The zero-order valence-corrected chi connectivity index (χ0v) is 28.3. The highest BCUT2D eigenvalue weighted by Gasteiger charge is 2.65. The van der Waals surface area contributed by atoms with Gasteiger partial charge >= 0.3 is 6.18 Å². The summed E-state index contributed by atoms with van der Waals surface area (Å²) in [7, 11) is -3.68. The van der Waals surface area contributed by atoms with Gasteiger partial charge in [-0.25, -0.2) is 8.42 Å². The second kappa shape index (κ2) is 12.1. The summed E-state index contributed by atoms with van der Waals surface area (Å²) in [6.07, 6.45) is 5.87. The van der Waals surface area contributed by atoms with Crippen LogP contribution in [0.15, 0.2) is 35.2 Å². The molecule has 1 unspecified atom stereocenters. The number of halogens is 3. The molecule has 8 heteroatoms. The minimum Gasteiger partial charge on any atom is -0.393 e. The first-order valence-electron chi connectivity index (χ1n) is 17.9. The molecule has 5 aliphatic rings. The lowest BCUT2D eigenvalue weighted by Crippen LogP contribution is -2.59. The fourth-order valence-electron chi connectivity index (χ4n) is 12.0. The van der Waals surface area contributed by atoms with E-state index in [9.17, 15) is 31.8 Å². The zero-order valence-electron chi connectivity index (χ0n) is 27.4. The second-order valence-corrected chi connectivity index (χ2v) is 18.7. The van der Waals surface area contributed by atoms with Crippen molar-refractivity contribution in [2.75, 3.05) is 0 Å². The third kappa shape index (κ3) is 5.72. The summed E-state index contributed by atoms with van der Waals surface area (Å²) in [5, 5.41) is 21.4. The van der Waals surface area contributed by atoms with E-state index in [1.165, 1.54) is 6.42 Å². The molecule has 45 heavy (non-hydrogen) atoms. The zero-order chi connectivity index (χ0) is 32.4. The number of alkyl halides is 3. The molecule has 1 aromatic carbocycles. The summed E-state index contributed by atoms with van der Waals surface area (Å²) >= 11 is 0. The maximum absolute atomic E-state index is 14.4. The maximum Gasteiger partial charge on any atom is 0.417 e. The van der Waals surface area contributed by atoms with Crippen molar-refractivity contribution in [1.29, 1.82) is 0 Å². The van der Waals surface area contributed by atoms with Crippen LogP contribution in [-0.4, -0.2) is 41.8 Å². The van der Waals surface area contributed by atoms with E-state index in [0.717, 1.165) is 64.2 Å². The number of benzene rings is 1. The monoisotopic (exact) mass is 652 g/mol. The van der Waals surface area contributed by atoms with Crippen LogP contribution in [0.3, 0.4) is 0 Å². The van der Waals surface area contributed by atoms with Gasteiger partial charge in [-0.15, -0.1) is 0 Å². The molecule has 4 nitrogen and oxygen atoms in total. The van der Waals surface area contributed by atoms with E-state index < -0.39 is 33.0 Å². The molecule has 0 spiro atoms. The lowest BCUT2D eigenvalue weighted by Gasteiger charge is -2.62. The first-order valence-corrected chi connectivity index (χ1v) is 19.4. The van der Waals surface area contributed by atoms with Gasteiger partial charge in [-0.3, -0.25) is 0 Å². The molecule has 0 aliphatic heterocycles. The van der Waals surface area contributed by atoms with E-state index in [0.29, 0.717) is 29.1 Å². The SMILES string of the molecule is C[C@H](C(C[C@H](O)C1CCCCC1)S(=O)(=O)c1ccccc1)[C@H]1CC[C@H]2[C@@H]3CC[C@H]4C[C@](O)(C(F)(F)F)CC[C@]4(C)[C@H]3CC[C@]12C. The van der Waals surface area contributed by atoms with Crippen molar-refractivity contribution in [2.45, 2.75) is 145 Å². The number of aliphatic hydroxyl groups excluding tert-OH is 1. The Morgan fingerprint density at radius 3 is 2.20 bits per heavy atom. The van der Waals surface area contributed by atoms with Crippen molar-refractivity contribution < 1.29 is 31.8 Å². The van der Waals surface area contributed by atoms with Crippen molar-refractivity contribution in [1.82, 2.24) is 0 Å². The van der Waals surface area contributed by atoms with Gasteiger partial charge in [0.1, 0.15) is 0 Å². The van der Waals surface area contributed by atoms with Gasteiger partial charge in [0.2, 0.25) is 0 Å². The van der Waals surface area contributed by atoms with Crippen molar-refractivity contribution in [2.24, 2.45) is 52.3 Å². The van der Waals surface area contributed by atoms with Gasteiger partial charge in [-0.1, -0.05) is 58.2 Å².